The summed E-state index contributed by atoms with van der Waals surface area (Å²) in [6.45, 7) is 18.8. The lowest BCUT2D eigenvalue weighted by molar-refractivity contribution is 0.695. The molecule has 0 saturated carbocycles. The molecular formula is C22H38. The van der Waals surface area contributed by atoms with E-state index in [9.17, 15) is 0 Å². The van der Waals surface area contributed by atoms with Crippen LogP contribution in [0.3, 0.4) is 0 Å². The summed E-state index contributed by atoms with van der Waals surface area (Å²) < 4.78 is 0. The van der Waals surface area contributed by atoms with Gasteiger partial charge in [-0.25, -0.2) is 0 Å². The highest BCUT2D eigenvalue weighted by Crippen LogP contribution is 2.34. The van der Waals surface area contributed by atoms with Gasteiger partial charge in [-0.3, -0.25) is 0 Å². The molecule has 1 aliphatic rings. The molecule has 0 bridgehead atoms. The van der Waals surface area contributed by atoms with E-state index in [1.54, 1.807) is 0 Å². The minimum absolute atomic E-state index is 0.606. The Morgan fingerprint density at radius 2 is 1.36 bits per heavy atom. The number of benzene rings is 1. The number of allylic oxidation sites excluding steroid dienone is 4. The minimum atomic E-state index is 0.606. The topological polar surface area (TPSA) is 0 Å². The van der Waals surface area contributed by atoms with Crippen LogP contribution in [0.2, 0.25) is 0 Å². The molecule has 0 heterocycles. The Kier molecular flexibility index (Phi) is 15.3. The van der Waals surface area contributed by atoms with Crippen molar-refractivity contribution in [2.75, 3.05) is 0 Å². The van der Waals surface area contributed by atoms with Gasteiger partial charge in [0.25, 0.3) is 0 Å². The Morgan fingerprint density at radius 1 is 0.864 bits per heavy atom. The number of hydrogen-bond acceptors (Lipinski definition) is 0. The zero-order valence-corrected chi connectivity index (χ0v) is 16.4. The molecule has 2 rings (SSSR count). The van der Waals surface area contributed by atoms with Crippen molar-refractivity contribution in [3.63, 3.8) is 0 Å². The van der Waals surface area contributed by atoms with Crippen LogP contribution >= 0.6 is 0 Å². The van der Waals surface area contributed by atoms with Gasteiger partial charge in [0.1, 0.15) is 0 Å². The summed E-state index contributed by atoms with van der Waals surface area (Å²) >= 11 is 0. The van der Waals surface area contributed by atoms with E-state index in [4.69, 9.17) is 0 Å². The van der Waals surface area contributed by atoms with Gasteiger partial charge in [-0.1, -0.05) is 105 Å². The van der Waals surface area contributed by atoms with E-state index in [1.807, 2.05) is 41.5 Å². The van der Waals surface area contributed by atoms with E-state index in [-0.39, 0.29) is 0 Å². The molecule has 0 fully saturated rings. The lowest BCUT2D eigenvalue weighted by Crippen LogP contribution is -2.06. The quantitative estimate of drug-likeness (QED) is 0.523. The molecule has 1 unspecified atom stereocenters. The molecule has 0 spiro atoms. The smallest absolute Gasteiger partial charge is 0.0184 e. The summed E-state index contributed by atoms with van der Waals surface area (Å²) in [4.78, 5) is 0. The van der Waals surface area contributed by atoms with E-state index in [1.165, 1.54) is 23.1 Å². The van der Waals surface area contributed by atoms with E-state index >= 15 is 0 Å². The molecule has 1 aromatic rings. The monoisotopic (exact) mass is 302 g/mol. The third-order valence-electron chi connectivity index (χ3n) is 3.18. The van der Waals surface area contributed by atoms with Gasteiger partial charge >= 0.3 is 0 Å². The van der Waals surface area contributed by atoms with Crippen LogP contribution in [0.1, 0.15) is 74.3 Å². The summed E-state index contributed by atoms with van der Waals surface area (Å²) in [6, 6.07) is 10.7. The Bertz CT molecular complexity index is 407. The van der Waals surface area contributed by atoms with Gasteiger partial charge in [0.2, 0.25) is 0 Å². The predicted molar refractivity (Wildman–Crippen MR) is 105 cm³/mol. The van der Waals surface area contributed by atoms with E-state index in [2.05, 4.69) is 63.3 Å². The van der Waals surface area contributed by atoms with Gasteiger partial charge in [0.05, 0.1) is 0 Å². The van der Waals surface area contributed by atoms with E-state index in [0.717, 1.165) is 0 Å². The average molecular weight is 303 g/mol. The van der Waals surface area contributed by atoms with Crippen molar-refractivity contribution >= 4 is 5.57 Å². The maximum atomic E-state index is 2.44. The zero-order chi connectivity index (χ0) is 17.5. The molecule has 126 valence electrons. The first-order valence-electron chi connectivity index (χ1n) is 9.16. The summed E-state index contributed by atoms with van der Waals surface area (Å²) in [5.74, 6) is 1.29. The molecule has 0 nitrogen and oxygen atoms in total. The second kappa shape index (κ2) is 14.6. The Morgan fingerprint density at radius 3 is 1.82 bits per heavy atom. The molecule has 0 heteroatoms. The normalized spacial score (nSPS) is 15.8. The SMILES string of the molecule is CC.CC.CC.CC1C=C(C(C)C)C(c2ccccc2)=CC1. The maximum absolute atomic E-state index is 2.44. The van der Waals surface area contributed by atoms with Crippen molar-refractivity contribution in [3.8, 4) is 0 Å². The van der Waals surface area contributed by atoms with Crippen molar-refractivity contribution in [1.29, 1.82) is 0 Å². The maximum Gasteiger partial charge on any atom is -0.0184 e. The van der Waals surface area contributed by atoms with Crippen molar-refractivity contribution in [1.82, 2.24) is 0 Å². The van der Waals surface area contributed by atoms with Gasteiger partial charge in [-0.2, -0.15) is 0 Å². The molecule has 1 aromatic carbocycles. The predicted octanol–water partition coefficient (Wildman–Crippen LogP) is 7.77. The molecule has 0 amide bonds. The summed E-state index contributed by atoms with van der Waals surface area (Å²) in [7, 11) is 0. The van der Waals surface area contributed by atoms with Crippen LogP contribution in [0, 0.1) is 11.8 Å². The number of rotatable bonds is 2. The number of hydrogen-bond donors (Lipinski definition) is 0. The second-order valence-electron chi connectivity index (χ2n) is 4.97. The van der Waals surface area contributed by atoms with Crippen molar-refractivity contribution in [2.45, 2.75) is 68.7 Å². The van der Waals surface area contributed by atoms with Crippen LogP contribution in [-0.2, 0) is 0 Å². The molecule has 0 aromatic heterocycles. The van der Waals surface area contributed by atoms with Crippen molar-refractivity contribution in [3.05, 3.63) is 53.6 Å². The lowest BCUT2D eigenvalue weighted by Gasteiger charge is -2.22. The molecule has 0 saturated heterocycles. The van der Waals surface area contributed by atoms with Crippen LogP contribution < -0.4 is 0 Å². The highest BCUT2D eigenvalue weighted by molar-refractivity contribution is 5.80. The third-order valence-corrected chi connectivity index (χ3v) is 3.18. The fourth-order valence-electron chi connectivity index (χ4n) is 2.29. The Hall–Kier alpha value is -1.30. The molecule has 0 radical (unpaired) electrons. The van der Waals surface area contributed by atoms with E-state index in [0.29, 0.717) is 11.8 Å². The molecule has 1 atom stereocenters. The summed E-state index contributed by atoms with van der Waals surface area (Å²) in [5, 5.41) is 0. The van der Waals surface area contributed by atoms with Crippen molar-refractivity contribution < 1.29 is 0 Å². The van der Waals surface area contributed by atoms with Crippen LogP contribution in [-0.4, -0.2) is 0 Å². The molecule has 1 aliphatic carbocycles. The summed E-state index contributed by atoms with van der Waals surface area (Å²) in [5.41, 5.74) is 4.30. The average Bonchev–Trinajstić information content (AvgIpc) is 2.61. The van der Waals surface area contributed by atoms with Gasteiger partial charge < -0.3 is 0 Å². The second-order valence-corrected chi connectivity index (χ2v) is 4.97. The van der Waals surface area contributed by atoms with Crippen LogP contribution in [0.25, 0.3) is 5.57 Å². The standard InChI is InChI=1S/C16H20.3C2H6/c1-12(2)16-11-13(3)9-10-15(16)14-7-5-4-6-8-14;3*1-2/h4-8,10-13H,9H2,1-3H3;3*1-2H3. The Labute approximate surface area is 140 Å². The summed E-state index contributed by atoms with van der Waals surface area (Å²) in [6.07, 6.45) is 6.00. The first-order valence-corrected chi connectivity index (χ1v) is 9.16. The van der Waals surface area contributed by atoms with Crippen LogP contribution in [0.15, 0.2) is 48.1 Å². The van der Waals surface area contributed by atoms with Crippen LogP contribution in [0.5, 0.6) is 0 Å². The van der Waals surface area contributed by atoms with Gasteiger partial charge in [-0.15, -0.1) is 0 Å². The van der Waals surface area contributed by atoms with E-state index < -0.39 is 0 Å². The zero-order valence-electron chi connectivity index (χ0n) is 16.4. The van der Waals surface area contributed by atoms with Gasteiger partial charge in [-0.05, 0) is 35.0 Å². The first-order chi connectivity index (χ1) is 10.7. The fraction of sp³-hybridized carbons (Fsp3) is 0.545. The third kappa shape index (κ3) is 7.64. The fourth-order valence-corrected chi connectivity index (χ4v) is 2.29. The van der Waals surface area contributed by atoms with Crippen molar-refractivity contribution in [2.24, 2.45) is 11.8 Å². The Balaban J connectivity index is 0. The van der Waals surface area contributed by atoms with Gasteiger partial charge in [0.15, 0.2) is 0 Å². The van der Waals surface area contributed by atoms with Crippen LogP contribution in [0.4, 0.5) is 0 Å². The molecular weight excluding hydrogens is 264 g/mol. The molecule has 22 heavy (non-hydrogen) atoms. The van der Waals surface area contributed by atoms with Gasteiger partial charge in [0, 0.05) is 0 Å². The minimum Gasteiger partial charge on any atom is -0.0773 e. The first kappa shape index (κ1) is 23.0. The molecule has 0 N–H and O–H groups in total. The molecule has 0 aliphatic heterocycles. The highest BCUT2D eigenvalue weighted by atomic mass is 14.2. The lowest BCUT2D eigenvalue weighted by atomic mass is 9.82. The largest absolute Gasteiger partial charge is 0.0773 e. The highest BCUT2D eigenvalue weighted by Gasteiger charge is 2.16.